The molecule has 19 heavy (non-hydrogen) atoms. The predicted octanol–water partition coefficient (Wildman–Crippen LogP) is 2.75. The molecule has 0 saturated carbocycles. The van der Waals surface area contributed by atoms with E-state index < -0.39 is 0 Å². The Labute approximate surface area is 112 Å². The smallest absolute Gasteiger partial charge is 0.167 e. The van der Waals surface area contributed by atoms with Crippen molar-refractivity contribution in [3.8, 4) is 0 Å². The lowest BCUT2D eigenvalue weighted by atomic mass is 10.0. The molecule has 0 radical (unpaired) electrons. The van der Waals surface area contributed by atoms with Crippen molar-refractivity contribution in [3.63, 3.8) is 0 Å². The molecule has 2 aromatic carbocycles. The van der Waals surface area contributed by atoms with Crippen LogP contribution in [0.2, 0.25) is 0 Å². The Bertz CT molecular complexity index is 563. The molecule has 2 aromatic rings. The van der Waals surface area contributed by atoms with Gasteiger partial charge in [0, 0.05) is 12.0 Å². The molecule has 0 fully saturated rings. The van der Waals surface area contributed by atoms with Gasteiger partial charge in [0.2, 0.25) is 0 Å². The van der Waals surface area contributed by atoms with Crippen molar-refractivity contribution in [2.24, 2.45) is 5.73 Å². The van der Waals surface area contributed by atoms with E-state index in [1.54, 1.807) is 24.3 Å². The third-order valence-corrected chi connectivity index (χ3v) is 2.96. The fraction of sp³-hybridized carbons (Fsp3) is 0.188. The number of hydrogen-bond acceptors (Lipinski definition) is 2. The molecular formula is C16H16FNO. The summed E-state index contributed by atoms with van der Waals surface area (Å²) in [4.78, 5) is 12.0. The third kappa shape index (κ3) is 3.73. The lowest BCUT2D eigenvalue weighted by molar-refractivity contribution is 0.0993. The second-order valence-corrected chi connectivity index (χ2v) is 4.47. The fourth-order valence-electron chi connectivity index (χ4n) is 1.96. The van der Waals surface area contributed by atoms with Gasteiger partial charge in [-0.25, -0.2) is 4.39 Å². The second-order valence-electron chi connectivity index (χ2n) is 4.47. The van der Waals surface area contributed by atoms with Gasteiger partial charge in [-0.05, 0) is 36.2 Å². The highest BCUT2D eigenvalue weighted by Gasteiger charge is 2.07. The van der Waals surface area contributed by atoms with Gasteiger partial charge in [0.05, 0.1) is 0 Å². The summed E-state index contributed by atoms with van der Waals surface area (Å²) >= 11 is 0. The average Bonchev–Trinajstić information content (AvgIpc) is 2.40. The monoisotopic (exact) mass is 257 g/mol. The normalized spacial score (nSPS) is 10.4. The van der Waals surface area contributed by atoms with E-state index in [1.807, 2.05) is 12.1 Å². The van der Waals surface area contributed by atoms with Crippen molar-refractivity contribution < 1.29 is 9.18 Å². The first-order valence-electron chi connectivity index (χ1n) is 6.25. The molecule has 3 heteroatoms. The molecule has 2 nitrogen and oxygen atoms in total. The molecule has 0 aliphatic heterocycles. The van der Waals surface area contributed by atoms with E-state index in [-0.39, 0.29) is 18.0 Å². The number of nitrogens with two attached hydrogens (primary N) is 1. The Morgan fingerprint density at radius 2 is 1.79 bits per heavy atom. The molecule has 0 unspecified atom stereocenters. The van der Waals surface area contributed by atoms with Gasteiger partial charge in [0.15, 0.2) is 5.78 Å². The molecule has 98 valence electrons. The number of carbonyl (C=O) groups is 1. The molecule has 0 spiro atoms. The van der Waals surface area contributed by atoms with Crippen LogP contribution in [-0.2, 0) is 12.8 Å². The number of ketones is 1. The van der Waals surface area contributed by atoms with Crippen LogP contribution in [0.3, 0.4) is 0 Å². The topological polar surface area (TPSA) is 43.1 Å². The average molecular weight is 257 g/mol. The van der Waals surface area contributed by atoms with Gasteiger partial charge in [0.1, 0.15) is 5.82 Å². The predicted molar refractivity (Wildman–Crippen MR) is 73.6 cm³/mol. The first kappa shape index (κ1) is 13.4. The van der Waals surface area contributed by atoms with Gasteiger partial charge < -0.3 is 5.73 Å². The molecule has 0 bridgehead atoms. The Balaban J connectivity index is 2.07. The third-order valence-electron chi connectivity index (χ3n) is 2.96. The fourth-order valence-corrected chi connectivity index (χ4v) is 1.96. The summed E-state index contributed by atoms with van der Waals surface area (Å²) in [7, 11) is 0. The maximum atomic E-state index is 13.0. The van der Waals surface area contributed by atoms with Crippen molar-refractivity contribution in [1.82, 2.24) is 0 Å². The van der Waals surface area contributed by atoms with Gasteiger partial charge in [-0.1, -0.05) is 36.4 Å². The zero-order chi connectivity index (χ0) is 13.7. The molecule has 0 aliphatic rings. The Morgan fingerprint density at radius 3 is 2.42 bits per heavy atom. The SMILES string of the molecule is NCCc1ccc(C(=O)Cc2cccc(F)c2)cc1. The molecular weight excluding hydrogens is 241 g/mol. The lowest BCUT2D eigenvalue weighted by Gasteiger charge is -2.03. The van der Waals surface area contributed by atoms with Crippen molar-refractivity contribution in [2.45, 2.75) is 12.8 Å². The van der Waals surface area contributed by atoms with E-state index in [4.69, 9.17) is 5.73 Å². The highest BCUT2D eigenvalue weighted by molar-refractivity contribution is 5.97. The van der Waals surface area contributed by atoms with Crippen LogP contribution in [0.5, 0.6) is 0 Å². The minimum absolute atomic E-state index is 0.00935. The molecule has 0 heterocycles. The summed E-state index contributed by atoms with van der Waals surface area (Å²) in [6.45, 7) is 0.594. The molecule has 2 N–H and O–H groups in total. The van der Waals surface area contributed by atoms with Crippen LogP contribution >= 0.6 is 0 Å². The number of halogens is 1. The van der Waals surface area contributed by atoms with Crippen LogP contribution in [0, 0.1) is 5.82 Å². The van der Waals surface area contributed by atoms with E-state index in [1.165, 1.54) is 12.1 Å². The summed E-state index contributed by atoms with van der Waals surface area (Å²) in [5.41, 5.74) is 7.92. The zero-order valence-electron chi connectivity index (χ0n) is 10.6. The minimum atomic E-state index is -0.316. The summed E-state index contributed by atoms with van der Waals surface area (Å²) in [6, 6.07) is 13.5. The van der Waals surface area contributed by atoms with E-state index in [2.05, 4.69) is 0 Å². The van der Waals surface area contributed by atoms with Gasteiger partial charge >= 0.3 is 0 Å². The molecule has 0 saturated heterocycles. The molecule has 0 aliphatic carbocycles. The van der Waals surface area contributed by atoms with Crippen LogP contribution in [0.1, 0.15) is 21.5 Å². The zero-order valence-corrected chi connectivity index (χ0v) is 10.6. The molecule has 2 rings (SSSR count). The summed E-state index contributed by atoms with van der Waals surface area (Å²) in [6.07, 6.45) is 1.02. The Kier molecular flexibility index (Phi) is 4.42. The maximum Gasteiger partial charge on any atom is 0.167 e. The van der Waals surface area contributed by atoms with E-state index in [9.17, 15) is 9.18 Å². The summed E-state index contributed by atoms with van der Waals surface area (Å²) < 4.78 is 13.0. The molecule has 0 amide bonds. The number of hydrogen-bond donors (Lipinski definition) is 1. The highest BCUT2D eigenvalue weighted by Crippen LogP contribution is 2.11. The van der Waals surface area contributed by atoms with Crippen LogP contribution in [0.4, 0.5) is 4.39 Å². The Morgan fingerprint density at radius 1 is 1.05 bits per heavy atom. The van der Waals surface area contributed by atoms with Crippen LogP contribution in [0.25, 0.3) is 0 Å². The van der Waals surface area contributed by atoms with Crippen molar-refractivity contribution in [2.75, 3.05) is 6.54 Å². The maximum absolute atomic E-state index is 13.0. The summed E-state index contributed by atoms with van der Waals surface area (Å²) in [5, 5.41) is 0. The highest BCUT2D eigenvalue weighted by atomic mass is 19.1. The number of benzene rings is 2. The van der Waals surface area contributed by atoms with Gasteiger partial charge in [0.25, 0.3) is 0 Å². The van der Waals surface area contributed by atoms with E-state index >= 15 is 0 Å². The lowest BCUT2D eigenvalue weighted by Crippen LogP contribution is -2.05. The second kappa shape index (κ2) is 6.25. The van der Waals surface area contributed by atoms with Gasteiger partial charge in [-0.3, -0.25) is 4.79 Å². The molecule has 0 aromatic heterocycles. The van der Waals surface area contributed by atoms with Gasteiger partial charge in [-0.15, -0.1) is 0 Å². The molecule has 0 atom stereocenters. The van der Waals surface area contributed by atoms with E-state index in [0.29, 0.717) is 17.7 Å². The van der Waals surface area contributed by atoms with Crippen LogP contribution in [0.15, 0.2) is 48.5 Å². The van der Waals surface area contributed by atoms with Crippen molar-refractivity contribution in [1.29, 1.82) is 0 Å². The minimum Gasteiger partial charge on any atom is -0.330 e. The van der Waals surface area contributed by atoms with Gasteiger partial charge in [-0.2, -0.15) is 0 Å². The summed E-state index contributed by atoms with van der Waals surface area (Å²) in [5.74, 6) is -0.325. The van der Waals surface area contributed by atoms with Crippen molar-refractivity contribution >= 4 is 5.78 Å². The largest absolute Gasteiger partial charge is 0.330 e. The first-order chi connectivity index (χ1) is 9.19. The number of carbonyl (C=O) groups excluding carboxylic acids is 1. The number of rotatable bonds is 5. The van der Waals surface area contributed by atoms with Crippen LogP contribution < -0.4 is 5.73 Å². The Hall–Kier alpha value is -2.00. The number of Topliss-reactive ketones (excluding diaryl/α,β-unsaturated/α-hetero) is 1. The first-order valence-corrected chi connectivity index (χ1v) is 6.25. The van der Waals surface area contributed by atoms with Crippen LogP contribution in [-0.4, -0.2) is 12.3 Å². The quantitative estimate of drug-likeness (QED) is 0.837. The standard InChI is InChI=1S/C16H16FNO/c17-15-3-1-2-13(10-15)11-16(19)14-6-4-12(5-7-14)8-9-18/h1-7,10H,8-9,11,18H2. The van der Waals surface area contributed by atoms with Crippen molar-refractivity contribution in [3.05, 3.63) is 71.0 Å². The van der Waals surface area contributed by atoms with E-state index in [0.717, 1.165) is 12.0 Å².